The van der Waals surface area contributed by atoms with Gasteiger partial charge in [0.25, 0.3) is 0 Å². The van der Waals surface area contributed by atoms with E-state index in [4.69, 9.17) is 4.74 Å². The van der Waals surface area contributed by atoms with Gasteiger partial charge in [-0.2, -0.15) is 9.97 Å². The van der Waals surface area contributed by atoms with Gasteiger partial charge in [0, 0.05) is 26.7 Å². The molecule has 0 amide bonds. The second kappa shape index (κ2) is 5.83. The van der Waals surface area contributed by atoms with Crippen LogP contribution in [0.15, 0.2) is 6.33 Å². The van der Waals surface area contributed by atoms with Crippen LogP contribution in [-0.4, -0.2) is 53.3 Å². The van der Waals surface area contributed by atoms with Crippen LogP contribution in [0.3, 0.4) is 0 Å². The maximum atomic E-state index is 5.17. The Bertz CT molecular complexity index is 538. The van der Waals surface area contributed by atoms with Crippen LogP contribution in [0.2, 0.25) is 0 Å². The Morgan fingerprint density at radius 1 is 1.42 bits per heavy atom. The van der Waals surface area contributed by atoms with Gasteiger partial charge in [-0.1, -0.05) is 0 Å². The fraction of sp³-hybridized carbons (Fsp3) is 0.583. The van der Waals surface area contributed by atoms with E-state index in [1.54, 1.807) is 20.5 Å². The summed E-state index contributed by atoms with van der Waals surface area (Å²) >= 11 is 0. The van der Waals surface area contributed by atoms with Gasteiger partial charge in [-0.05, 0) is 13.8 Å². The number of anilines is 2. The van der Waals surface area contributed by atoms with Gasteiger partial charge in [0.2, 0.25) is 5.95 Å². The fourth-order valence-electron chi connectivity index (χ4n) is 1.94. The smallest absolute Gasteiger partial charge is 0.226 e. The zero-order valence-electron chi connectivity index (χ0n) is 11.8. The number of aromatic amines is 1. The van der Waals surface area contributed by atoms with Gasteiger partial charge in [0.05, 0.1) is 12.9 Å². The number of nitrogens with one attached hydrogen (secondary N) is 2. The van der Waals surface area contributed by atoms with E-state index in [0.717, 1.165) is 17.9 Å². The molecule has 0 aromatic carbocycles. The quantitative estimate of drug-likeness (QED) is 0.817. The van der Waals surface area contributed by atoms with Crippen LogP contribution >= 0.6 is 0 Å². The molecule has 0 saturated heterocycles. The molecule has 19 heavy (non-hydrogen) atoms. The van der Waals surface area contributed by atoms with Crippen molar-refractivity contribution in [2.45, 2.75) is 19.9 Å². The first kappa shape index (κ1) is 13.5. The van der Waals surface area contributed by atoms with Crippen LogP contribution in [0, 0.1) is 0 Å². The highest BCUT2D eigenvalue weighted by Gasteiger charge is 2.18. The zero-order chi connectivity index (χ0) is 13.8. The summed E-state index contributed by atoms with van der Waals surface area (Å²) in [6, 6.07) is 0.307. The average Bonchev–Trinajstić information content (AvgIpc) is 2.86. The molecule has 7 heteroatoms. The van der Waals surface area contributed by atoms with Crippen molar-refractivity contribution in [1.82, 2.24) is 19.9 Å². The molecule has 2 aromatic heterocycles. The normalized spacial score (nSPS) is 11.2. The van der Waals surface area contributed by atoms with Crippen molar-refractivity contribution in [3.05, 3.63) is 6.33 Å². The number of hydrogen-bond donors (Lipinski definition) is 2. The van der Waals surface area contributed by atoms with Crippen LogP contribution < -0.4 is 10.2 Å². The minimum Gasteiger partial charge on any atom is -0.383 e. The van der Waals surface area contributed by atoms with Crippen LogP contribution in [0.25, 0.3) is 11.2 Å². The minimum absolute atomic E-state index is 0.307. The molecule has 0 aliphatic rings. The first-order chi connectivity index (χ1) is 9.17. The van der Waals surface area contributed by atoms with E-state index in [1.807, 2.05) is 0 Å². The number of H-pyrrole nitrogens is 1. The lowest BCUT2D eigenvalue weighted by atomic mass is 10.3. The third-order valence-corrected chi connectivity index (χ3v) is 2.92. The number of aromatic nitrogens is 4. The molecule has 0 saturated carbocycles. The maximum absolute atomic E-state index is 5.17. The molecule has 0 aliphatic carbocycles. The summed E-state index contributed by atoms with van der Waals surface area (Å²) in [5.74, 6) is 1.41. The number of hydrogen-bond acceptors (Lipinski definition) is 6. The Balaban J connectivity index is 2.47. The van der Waals surface area contributed by atoms with Gasteiger partial charge in [0.1, 0.15) is 5.52 Å². The highest BCUT2D eigenvalue weighted by atomic mass is 16.5. The summed E-state index contributed by atoms with van der Waals surface area (Å²) in [7, 11) is 3.50. The molecule has 0 spiro atoms. The van der Waals surface area contributed by atoms with Crippen molar-refractivity contribution in [2.75, 3.05) is 37.5 Å². The third kappa shape index (κ3) is 2.76. The largest absolute Gasteiger partial charge is 0.383 e. The molecule has 0 bridgehead atoms. The fourth-order valence-corrected chi connectivity index (χ4v) is 1.94. The number of fused-ring (bicyclic) bond motifs is 1. The number of rotatable bonds is 6. The third-order valence-electron chi connectivity index (χ3n) is 2.92. The van der Waals surface area contributed by atoms with Crippen molar-refractivity contribution < 1.29 is 4.74 Å². The predicted octanol–water partition coefficient (Wildman–Crippen LogP) is 1.26. The summed E-state index contributed by atoms with van der Waals surface area (Å²) < 4.78 is 5.17. The van der Waals surface area contributed by atoms with Gasteiger partial charge in [-0.25, -0.2) is 4.98 Å². The van der Waals surface area contributed by atoms with Gasteiger partial charge in [0.15, 0.2) is 11.5 Å². The number of imidazole rings is 1. The predicted molar refractivity (Wildman–Crippen MR) is 75.6 cm³/mol. The zero-order valence-corrected chi connectivity index (χ0v) is 11.8. The van der Waals surface area contributed by atoms with E-state index in [-0.39, 0.29) is 0 Å². The number of ether oxygens (including phenoxy) is 1. The van der Waals surface area contributed by atoms with E-state index in [1.165, 1.54) is 0 Å². The monoisotopic (exact) mass is 264 g/mol. The van der Waals surface area contributed by atoms with E-state index >= 15 is 0 Å². The average molecular weight is 264 g/mol. The molecular weight excluding hydrogens is 244 g/mol. The van der Waals surface area contributed by atoms with Gasteiger partial charge in [-0.3, -0.25) is 0 Å². The first-order valence-electron chi connectivity index (χ1n) is 6.31. The van der Waals surface area contributed by atoms with E-state index in [9.17, 15) is 0 Å². The Kier molecular flexibility index (Phi) is 4.16. The molecule has 2 N–H and O–H groups in total. The molecule has 0 unspecified atom stereocenters. The van der Waals surface area contributed by atoms with E-state index in [2.05, 4.69) is 44.0 Å². The summed E-state index contributed by atoms with van der Waals surface area (Å²) in [5.41, 5.74) is 1.52. The molecule has 0 aliphatic heterocycles. The molecule has 0 fully saturated rings. The first-order valence-corrected chi connectivity index (χ1v) is 6.31. The molecule has 7 nitrogen and oxygen atoms in total. The second-order valence-corrected chi connectivity index (χ2v) is 4.50. The van der Waals surface area contributed by atoms with Crippen LogP contribution in [0.4, 0.5) is 11.8 Å². The summed E-state index contributed by atoms with van der Waals surface area (Å²) in [6.07, 6.45) is 1.64. The maximum Gasteiger partial charge on any atom is 0.226 e. The molecule has 2 rings (SSSR count). The summed E-state index contributed by atoms with van der Waals surface area (Å²) in [6.45, 7) is 5.66. The van der Waals surface area contributed by atoms with Crippen molar-refractivity contribution in [3.63, 3.8) is 0 Å². The topological polar surface area (TPSA) is 79.0 Å². The Hall–Kier alpha value is -1.89. The van der Waals surface area contributed by atoms with Crippen molar-refractivity contribution in [1.29, 1.82) is 0 Å². The van der Waals surface area contributed by atoms with Gasteiger partial charge >= 0.3 is 0 Å². The van der Waals surface area contributed by atoms with E-state index < -0.39 is 0 Å². The standard InChI is InChI=1S/C12H20N6O/c1-8(2)18(5-6-19-4)11-9-10(15-7-14-9)16-12(13-3)17-11/h7-8H,5-6H2,1-4H3,(H2,13,14,15,16,17). The number of nitrogens with zero attached hydrogens (tertiary/aromatic N) is 4. The van der Waals surface area contributed by atoms with E-state index in [0.29, 0.717) is 24.2 Å². The Morgan fingerprint density at radius 3 is 2.84 bits per heavy atom. The van der Waals surface area contributed by atoms with Crippen molar-refractivity contribution in [2.24, 2.45) is 0 Å². The minimum atomic E-state index is 0.307. The lowest BCUT2D eigenvalue weighted by Crippen LogP contribution is -2.35. The molecular formula is C12H20N6O. The van der Waals surface area contributed by atoms with Gasteiger partial charge in [-0.15, -0.1) is 0 Å². The van der Waals surface area contributed by atoms with Crippen LogP contribution in [0.5, 0.6) is 0 Å². The molecule has 0 radical (unpaired) electrons. The molecule has 0 atom stereocenters. The number of methoxy groups -OCH3 is 1. The SMILES string of the molecule is CNc1nc(N(CCOC)C(C)C)c2[nH]cnc2n1. The molecule has 104 valence electrons. The van der Waals surface area contributed by atoms with Crippen molar-refractivity contribution in [3.8, 4) is 0 Å². The van der Waals surface area contributed by atoms with Crippen molar-refractivity contribution >= 4 is 22.9 Å². The molecule has 2 heterocycles. The highest BCUT2D eigenvalue weighted by Crippen LogP contribution is 2.24. The Morgan fingerprint density at radius 2 is 2.21 bits per heavy atom. The lowest BCUT2D eigenvalue weighted by molar-refractivity contribution is 0.203. The Labute approximate surface area is 112 Å². The molecule has 2 aromatic rings. The van der Waals surface area contributed by atoms with Crippen LogP contribution in [-0.2, 0) is 4.74 Å². The lowest BCUT2D eigenvalue weighted by Gasteiger charge is -2.28. The summed E-state index contributed by atoms with van der Waals surface area (Å²) in [4.78, 5) is 18.3. The van der Waals surface area contributed by atoms with Gasteiger partial charge < -0.3 is 19.9 Å². The van der Waals surface area contributed by atoms with Crippen LogP contribution in [0.1, 0.15) is 13.8 Å². The summed E-state index contributed by atoms with van der Waals surface area (Å²) in [5, 5.41) is 2.97. The highest BCUT2D eigenvalue weighted by molar-refractivity contribution is 5.84. The second-order valence-electron chi connectivity index (χ2n) is 4.50.